The average Bonchev–Trinajstić information content (AvgIpc) is 3.41. The minimum atomic E-state index is 1.09. The predicted octanol–water partition coefficient (Wildman–Crippen LogP) is 18.6. The van der Waals surface area contributed by atoms with Crippen LogP contribution >= 0.6 is 0 Å². The molecule has 0 aromatic heterocycles. The van der Waals surface area contributed by atoms with Crippen LogP contribution in [-0.4, -0.2) is 0 Å². The van der Waals surface area contributed by atoms with E-state index in [0.717, 1.165) is 17.1 Å². The summed E-state index contributed by atoms with van der Waals surface area (Å²) < 4.78 is 0. The van der Waals surface area contributed by atoms with Crippen molar-refractivity contribution in [2.45, 2.75) is 0 Å². The Morgan fingerprint density at radius 3 is 0.970 bits per heavy atom. The lowest BCUT2D eigenvalue weighted by atomic mass is 9.89. The Hall–Kier alpha value is -8.78. The molecule has 0 radical (unpaired) electrons. The number of benzene rings is 12. The summed E-state index contributed by atoms with van der Waals surface area (Å²) in [5.74, 6) is 0. The molecular weight excluding hydrogens is 807 g/mol. The average molecular weight is 852 g/mol. The third-order valence-corrected chi connectivity index (χ3v) is 13.3. The Labute approximate surface area is 392 Å². The molecule has 0 aliphatic heterocycles. The van der Waals surface area contributed by atoms with Crippen molar-refractivity contribution < 1.29 is 0 Å². The van der Waals surface area contributed by atoms with E-state index in [0.29, 0.717) is 0 Å². The zero-order chi connectivity index (χ0) is 44.5. The highest BCUT2D eigenvalue weighted by atomic mass is 15.1. The zero-order valence-electron chi connectivity index (χ0n) is 36.9. The minimum Gasteiger partial charge on any atom is -0.311 e. The second-order valence-corrected chi connectivity index (χ2v) is 17.3. The monoisotopic (exact) mass is 851 g/mol. The van der Waals surface area contributed by atoms with Gasteiger partial charge >= 0.3 is 0 Å². The lowest BCUT2D eigenvalue weighted by Crippen LogP contribution is -2.09. The lowest BCUT2D eigenvalue weighted by Gasteiger charge is -2.26. The molecule has 314 valence electrons. The second-order valence-electron chi connectivity index (χ2n) is 17.3. The van der Waals surface area contributed by atoms with Crippen molar-refractivity contribution in [3.05, 3.63) is 273 Å². The van der Waals surface area contributed by atoms with Crippen LogP contribution < -0.4 is 4.90 Å². The topological polar surface area (TPSA) is 3.24 Å². The number of anilines is 3. The molecule has 0 amide bonds. The minimum absolute atomic E-state index is 1.09. The van der Waals surface area contributed by atoms with Crippen molar-refractivity contribution in [2.75, 3.05) is 4.90 Å². The van der Waals surface area contributed by atoms with Crippen molar-refractivity contribution in [3.63, 3.8) is 0 Å². The van der Waals surface area contributed by atoms with Gasteiger partial charge in [-0.25, -0.2) is 0 Å². The highest BCUT2D eigenvalue weighted by Gasteiger charge is 2.17. The summed E-state index contributed by atoms with van der Waals surface area (Å²) in [6.07, 6.45) is 0. The quantitative estimate of drug-likeness (QED) is 0.140. The van der Waals surface area contributed by atoms with E-state index in [1.165, 1.54) is 99.1 Å². The summed E-state index contributed by atoms with van der Waals surface area (Å²) in [7, 11) is 0. The molecule has 67 heavy (non-hydrogen) atoms. The van der Waals surface area contributed by atoms with Crippen LogP contribution in [-0.2, 0) is 0 Å². The van der Waals surface area contributed by atoms with Gasteiger partial charge in [0.15, 0.2) is 0 Å². The maximum Gasteiger partial charge on any atom is 0.0462 e. The number of fused-ring (bicyclic) bond motifs is 3. The highest BCUT2D eigenvalue weighted by molar-refractivity contribution is 6.04. The van der Waals surface area contributed by atoms with Crippen LogP contribution in [0.3, 0.4) is 0 Å². The fraction of sp³-hybridized carbons (Fsp3) is 0. The Kier molecular flexibility index (Phi) is 10.3. The van der Waals surface area contributed by atoms with Gasteiger partial charge in [0.1, 0.15) is 0 Å². The van der Waals surface area contributed by atoms with Crippen molar-refractivity contribution in [1.29, 1.82) is 0 Å². The van der Waals surface area contributed by atoms with Crippen LogP contribution in [0.2, 0.25) is 0 Å². The third kappa shape index (κ3) is 7.63. The third-order valence-electron chi connectivity index (χ3n) is 13.3. The van der Waals surface area contributed by atoms with E-state index in [1.54, 1.807) is 0 Å². The first-order valence-electron chi connectivity index (χ1n) is 23.1. The van der Waals surface area contributed by atoms with Crippen LogP contribution in [0.1, 0.15) is 0 Å². The Morgan fingerprint density at radius 1 is 0.179 bits per heavy atom. The molecular formula is C66H45N. The van der Waals surface area contributed by atoms with Gasteiger partial charge < -0.3 is 4.90 Å². The lowest BCUT2D eigenvalue weighted by molar-refractivity contribution is 1.28. The summed E-state index contributed by atoms with van der Waals surface area (Å²) >= 11 is 0. The molecule has 0 N–H and O–H groups in total. The van der Waals surface area contributed by atoms with Gasteiger partial charge in [-0.05, 0) is 135 Å². The van der Waals surface area contributed by atoms with E-state index in [9.17, 15) is 0 Å². The number of hydrogen-bond donors (Lipinski definition) is 0. The van der Waals surface area contributed by atoms with E-state index in [2.05, 4.69) is 278 Å². The largest absolute Gasteiger partial charge is 0.311 e. The van der Waals surface area contributed by atoms with Gasteiger partial charge in [0, 0.05) is 17.1 Å². The molecule has 12 aromatic carbocycles. The summed E-state index contributed by atoms with van der Waals surface area (Å²) in [6, 6.07) is 99.3. The summed E-state index contributed by atoms with van der Waals surface area (Å²) in [4.78, 5) is 2.37. The van der Waals surface area contributed by atoms with E-state index in [4.69, 9.17) is 0 Å². The molecule has 0 unspecified atom stereocenters. The first kappa shape index (κ1) is 39.8. The Bertz CT molecular complexity index is 3510. The second kappa shape index (κ2) is 17.3. The maximum atomic E-state index is 2.37. The normalized spacial score (nSPS) is 11.3. The van der Waals surface area contributed by atoms with Crippen LogP contribution in [0.15, 0.2) is 273 Å². The Balaban J connectivity index is 0.897. The van der Waals surface area contributed by atoms with Gasteiger partial charge in [-0.2, -0.15) is 0 Å². The van der Waals surface area contributed by atoms with Crippen LogP contribution in [0.4, 0.5) is 17.1 Å². The highest BCUT2D eigenvalue weighted by Crippen LogP contribution is 2.42. The predicted molar refractivity (Wildman–Crippen MR) is 286 cm³/mol. The molecule has 0 aliphatic rings. The first-order chi connectivity index (χ1) is 33.2. The van der Waals surface area contributed by atoms with E-state index in [-0.39, 0.29) is 0 Å². The fourth-order valence-corrected chi connectivity index (χ4v) is 9.91. The van der Waals surface area contributed by atoms with Gasteiger partial charge in [0.2, 0.25) is 0 Å². The van der Waals surface area contributed by atoms with Gasteiger partial charge in [0.25, 0.3) is 0 Å². The van der Waals surface area contributed by atoms with Gasteiger partial charge in [-0.1, -0.05) is 237 Å². The molecule has 1 nitrogen and oxygen atoms in total. The van der Waals surface area contributed by atoms with Crippen molar-refractivity contribution in [1.82, 2.24) is 0 Å². The molecule has 0 saturated carbocycles. The standard InChI is InChI=1S/C66H45N/c1-2-12-52(13-3-1)65-45-38-53-16-6-9-21-64(53)66(65)56-36-43-59(44-37-56)67(57-39-32-48(33-40-57)46-24-28-54(29-25-46)62-22-10-17-50-14-4-7-19-60(50)62)58-41-34-49(35-42-58)47-26-30-55(31-27-47)63-23-11-18-51-15-5-8-20-61(51)63/h1-45H. The zero-order valence-corrected chi connectivity index (χ0v) is 36.9. The summed E-state index contributed by atoms with van der Waals surface area (Å²) in [5, 5.41) is 7.53. The molecule has 0 bridgehead atoms. The molecule has 0 spiro atoms. The molecule has 0 aliphatic carbocycles. The number of rotatable bonds is 9. The number of nitrogens with zero attached hydrogens (tertiary/aromatic N) is 1. The number of hydrogen-bond acceptors (Lipinski definition) is 1. The van der Waals surface area contributed by atoms with Gasteiger partial charge in [-0.3, -0.25) is 0 Å². The van der Waals surface area contributed by atoms with Crippen LogP contribution in [0, 0.1) is 0 Å². The first-order valence-corrected chi connectivity index (χ1v) is 23.1. The van der Waals surface area contributed by atoms with Crippen molar-refractivity contribution in [3.8, 4) is 66.8 Å². The molecule has 0 saturated heterocycles. The molecule has 12 rings (SSSR count). The molecule has 0 heterocycles. The van der Waals surface area contributed by atoms with E-state index in [1.807, 2.05) is 0 Å². The van der Waals surface area contributed by atoms with Crippen LogP contribution in [0.25, 0.3) is 99.1 Å². The van der Waals surface area contributed by atoms with Crippen molar-refractivity contribution >= 4 is 49.4 Å². The SMILES string of the molecule is c1ccc(-c2ccc3ccccc3c2-c2ccc(N(c3ccc(-c4ccc(-c5cccc6ccccc56)cc4)cc3)c3ccc(-c4ccc(-c5cccc6ccccc56)cc4)cc3)cc2)cc1. The fourth-order valence-electron chi connectivity index (χ4n) is 9.91. The summed E-state index contributed by atoms with van der Waals surface area (Å²) in [6.45, 7) is 0. The molecule has 12 aromatic rings. The van der Waals surface area contributed by atoms with Crippen LogP contribution in [0.5, 0.6) is 0 Å². The Morgan fingerprint density at radius 2 is 0.507 bits per heavy atom. The van der Waals surface area contributed by atoms with Gasteiger partial charge in [-0.15, -0.1) is 0 Å². The smallest absolute Gasteiger partial charge is 0.0462 e. The maximum absolute atomic E-state index is 2.37. The molecule has 0 fully saturated rings. The molecule has 0 atom stereocenters. The van der Waals surface area contributed by atoms with Gasteiger partial charge in [0.05, 0.1) is 0 Å². The van der Waals surface area contributed by atoms with E-state index >= 15 is 0 Å². The molecule has 1 heteroatoms. The summed E-state index contributed by atoms with van der Waals surface area (Å²) in [5.41, 5.74) is 17.8. The van der Waals surface area contributed by atoms with Crippen molar-refractivity contribution in [2.24, 2.45) is 0 Å². The van der Waals surface area contributed by atoms with E-state index < -0.39 is 0 Å².